The Bertz CT molecular complexity index is 790. The van der Waals surface area contributed by atoms with E-state index in [1.165, 1.54) is 6.26 Å². The number of hydrogen-bond donors (Lipinski definition) is 0. The number of para-hydroxylation sites is 1. The molecule has 0 amide bonds. The lowest BCUT2D eigenvalue weighted by Gasteiger charge is -2.01. The molecule has 1 heterocycles. The Hall–Kier alpha value is -2.20. The van der Waals surface area contributed by atoms with Crippen molar-refractivity contribution in [2.45, 2.75) is 5.75 Å². The molecule has 1 unspecified atom stereocenters. The van der Waals surface area contributed by atoms with Crippen molar-refractivity contribution in [3.8, 4) is 0 Å². The average Bonchev–Trinajstić information content (AvgIpc) is 2.92. The number of carbonyl (C=O) groups excluding carboxylic acids is 1. The average molecular weight is 298 g/mol. The molecule has 0 aliphatic carbocycles. The van der Waals surface area contributed by atoms with Gasteiger partial charge in [0, 0.05) is 21.9 Å². The summed E-state index contributed by atoms with van der Waals surface area (Å²) in [7, 11) is -1.22. The van der Waals surface area contributed by atoms with Gasteiger partial charge in [-0.05, 0) is 11.6 Å². The predicted molar refractivity (Wildman–Crippen MR) is 83.7 cm³/mol. The Morgan fingerprint density at radius 3 is 2.52 bits per heavy atom. The minimum atomic E-state index is -1.22. The van der Waals surface area contributed by atoms with E-state index in [-0.39, 0.29) is 11.5 Å². The van der Waals surface area contributed by atoms with Gasteiger partial charge in [-0.2, -0.15) is 0 Å². The summed E-state index contributed by atoms with van der Waals surface area (Å²) in [4.78, 5) is 12.3. The van der Waals surface area contributed by atoms with Gasteiger partial charge >= 0.3 is 0 Å². The van der Waals surface area contributed by atoms with Crippen molar-refractivity contribution in [1.29, 1.82) is 0 Å². The maximum atomic E-state index is 12.3. The molecule has 0 spiro atoms. The van der Waals surface area contributed by atoms with Gasteiger partial charge in [0.2, 0.25) is 0 Å². The largest absolute Gasteiger partial charge is 0.464 e. The van der Waals surface area contributed by atoms with E-state index < -0.39 is 10.8 Å². The standard InChI is InChI=1S/C17H14O3S/c18-16(12-21(19)11-13-6-2-1-3-7-13)15-10-20-17-9-5-4-8-14(15)17/h1-10H,11-12H2. The van der Waals surface area contributed by atoms with E-state index in [0.717, 1.165) is 10.9 Å². The summed E-state index contributed by atoms with van der Waals surface area (Å²) < 4.78 is 17.5. The molecule has 2 aromatic carbocycles. The number of furan rings is 1. The number of carbonyl (C=O) groups is 1. The van der Waals surface area contributed by atoms with Crippen molar-refractivity contribution < 1.29 is 13.4 Å². The number of hydrogen-bond acceptors (Lipinski definition) is 3. The van der Waals surface area contributed by atoms with Gasteiger partial charge in [0.05, 0.1) is 11.3 Å². The second kappa shape index (κ2) is 6.06. The number of Topliss-reactive ketones (excluding diaryl/α,β-unsaturated/α-hetero) is 1. The maximum Gasteiger partial charge on any atom is 0.179 e. The number of fused-ring (bicyclic) bond motifs is 1. The zero-order valence-corrected chi connectivity index (χ0v) is 12.1. The smallest absolute Gasteiger partial charge is 0.179 e. The predicted octanol–water partition coefficient (Wildman–Crippen LogP) is 3.56. The molecule has 0 aliphatic heterocycles. The quantitative estimate of drug-likeness (QED) is 0.677. The molecule has 3 nitrogen and oxygen atoms in total. The van der Waals surface area contributed by atoms with Crippen LogP contribution in [0.25, 0.3) is 11.0 Å². The van der Waals surface area contributed by atoms with Gasteiger partial charge in [0.1, 0.15) is 11.8 Å². The van der Waals surface area contributed by atoms with E-state index >= 15 is 0 Å². The third kappa shape index (κ3) is 3.11. The van der Waals surface area contributed by atoms with Crippen LogP contribution in [0.4, 0.5) is 0 Å². The fourth-order valence-corrected chi connectivity index (χ4v) is 3.34. The zero-order chi connectivity index (χ0) is 14.7. The Morgan fingerprint density at radius 1 is 1.00 bits per heavy atom. The third-order valence-corrected chi connectivity index (χ3v) is 4.48. The van der Waals surface area contributed by atoms with Crippen LogP contribution in [-0.2, 0) is 16.6 Å². The summed E-state index contributed by atoms with van der Waals surface area (Å²) in [6, 6.07) is 16.9. The third-order valence-electron chi connectivity index (χ3n) is 3.24. The molecule has 0 fully saturated rings. The summed E-state index contributed by atoms with van der Waals surface area (Å²) in [5.41, 5.74) is 2.15. The first-order valence-electron chi connectivity index (χ1n) is 6.62. The van der Waals surface area contributed by atoms with Gasteiger partial charge in [0.15, 0.2) is 5.78 Å². The second-order valence-corrected chi connectivity index (χ2v) is 6.24. The first-order chi connectivity index (χ1) is 10.2. The van der Waals surface area contributed by atoms with Crippen molar-refractivity contribution in [3.05, 3.63) is 72.0 Å². The molecule has 1 aromatic heterocycles. The van der Waals surface area contributed by atoms with Crippen LogP contribution in [0.2, 0.25) is 0 Å². The van der Waals surface area contributed by atoms with E-state index in [1.807, 2.05) is 54.6 Å². The summed E-state index contributed by atoms with van der Waals surface area (Å²) in [6.45, 7) is 0. The lowest BCUT2D eigenvalue weighted by atomic mass is 10.1. The Morgan fingerprint density at radius 2 is 1.71 bits per heavy atom. The van der Waals surface area contributed by atoms with Gasteiger partial charge in [-0.15, -0.1) is 0 Å². The Labute approximate surface area is 125 Å². The summed E-state index contributed by atoms with van der Waals surface area (Å²) in [6.07, 6.45) is 1.45. The Balaban J connectivity index is 1.73. The van der Waals surface area contributed by atoms with Crippen LogP contribution >= 0.6 is 0 Å². The fourth-order valence-electron chi connectivity index (χ4n) is 2.23. The molecular formula is C17H14O3S. The van der Waals surface area contributed by atoms with Gasteiger partial charge in [-0.3, -0.25) is 9.00 Å². The first-order valence-corrected chi connectivity index (χ1v) is 8.11. The summed E-state index contributed by atoms with van der Waals surface area (Å²) in [5.74, 6) is 0.259. The molecule has 0 saturated heterocycles. The first kappa shape index (κ1) is 13.8. The SMILES string of the molecule is O=C(CS(=O)Cc1ccccc1)c1coc2ccccc12. The molecule has 106 valence electrons. The molecule has 3 rings (SSSR count). The van der Waals surface area contributed by atoms with Gasteiger partial charge < -0.3 is 4.42 Å². The van der Waals surface area contributed by atoms with Crippen molar-refractivity contribution in [2.24, 2.45) is 0 Å². The van der Waals surface area contributed by atoms with Gasteiger partial charge in [0.25, 0.3) is 0 Å². The number of ketones is 1. The highest BCUT2D eigenvalue weighted by Gasteiger charge is 2.16. The molecule has 0 saturated carbocycles. The van der Waals surface area contributed by atoms with E-state index in [4.69, 9.17) is 4.42 Å². The van der Waals surface area contributed by atoms with E-state index in [9.17, 15) is 9.00 Å². The van der Waals surface area contributed by atoms with Crippen LogP contribution in [0.5, 0.6) is 0 Å². The van der Waals surface area contributed by atoms with E-state index in [1.54, 1.807) is 0 Å². The molecule has 3 aromatic rings. The zero-order valence-electron chi connectivity index (χ0n) is 11.3. The summed E-state index contributed by atoms with van der Waals surface area (Å²) in [5, 5.41) is 0.777. The van der Waals surface area contributed by atoms with Crippen LogP contribution < -0.4 is 0 Å². The summed E-state index contributed by atoms with van der Waals surface area (Å²) >= 11 is 0. The van der Waals surface area contributed by atoms with E-state index in [2.05, 4.69) is 0 Å². The highest BCUT2D eigenvalue weighted by atomic mass is 32.2. The maximum absolute atomic E-state index is 12.3. The van der Waals surface area contributed by atoms with Crippen LogP contribution in [-0.4, -0.2) is 15.7 Å². The second-order valence-electron chi connectivity index (χ2n) is 4.78. The molecular weight excluding hydrogens is 284 g/mol. The normalized spacial score (nSPS) is 12.4. The number of rotatable bonds is 5. The molecule has 0 bridgehead atoms. The van der Waals surface area contributed by atoms with Crippen LogP contribution in [0.1, 0.15) is 15.9 Å². The molecule has 21 heavy (non-hydrogen) atoms. The van der Waals surface area contributed by atoms with Gasteiger partial charge in [-0.1, -0.05) is 48.5 Å². The number of benzene rings is 2. The van der Waals surface area contributed by atoms with Crippen molar-refractivity contribution in [2.75, 3.05) is 5.75 Å². The van der Waals surface area contributed by atoms with E-state index in [0.29, 0.717) is 16.9 Å². The molecule has 0 radical (unpaired) electrons. The fraction of sp³-hybridized carbons (Fsp3) is 0.118. The molecule has 0 aliphatic rings. The monoisotopic (exact) mass is 298 g/mol. The van der Waals surface area contributed by atoms with Crippen molar-refractivity contribution in [3.63, 3.8) is 0 Å². The van der Waals surface area contributed by atoms with Crippen LogP contribution in [0.3, 0.4) is 0 Å². The van der Waals surface area contributed by atoms with Crippen molar-refractivity contribution >= 4 is 27.6 Å². The lowest BCUT2D eigenvalue weighted by Crippen LogP contribution is -2.12. The minimum Gasteiger partial charge on any atom is -0.464 e. The molecule has 0 N–H and O–H groups in total. The van der Waals surface area contributed by atoms with Crippen LogP contribution in [0.15, 0.2) is 65.3 Å². The van der Waals surface area contributed by atoms with Crippen LogP contribution in [0, 0.1) is 0 Å². The highest BCUT2D eigenvalue weighted by molar-refractivity contribution is 7.85. The van der Waals surface area contributed by atoms with Crippen molar-refractivity contribution in [1.82, 2.24) is 0 Å². The Kier molecular flexibility index (Phi) is 3.97. The van der Waals surface area contributed by atoms with Gasteiger partial charge in [-0.25, -0.2) is 0 Å². The lowest BCUT2D eigenvalue weighted by molar-refractivity contribution is 0.102. The highest BCUT2D eigenvalue weighted by Crippen LogP contribution is 2.21. The minimum absolute atomic E-state index is 0.0123. The topological polar surface area (TPSA) is 47.3 Å². The molecule has 1 atom stereocenters. The molecule has 4 heteroatoms.